The van der Waals surface area contributed by atoms with Crippen molar-refractivity contribution in [1.29, 1.82) is 5.26 Å². The van der Waals surface area contributed by atoms with Gasteiger partial charge in [-0.1, -0.05) is 0 Å². The molecule has 1 aromatic rings. The fourth-order valence-corrected chi connectivity index (χ4v) is 1.66. The molecule has 0 aliphatic heterocycles. The van der Waals surface area contributed by atoms with Crippen molar-refractivity contribution in [2.75, 3.05) is 0 Å². The minimum atomic E-state index is -6.02. The number of halogens is 6. The number of hydrogen-bond donors (Lipinski definition) is 2. The summed E-state index contributed by atoms with van der Waals surface area (Å²) in [5.41, 5.74) is -7.96. The molecule has 10 heteroatoms. The molecule has 2 N–H and O–H groups in total. The Kier molecular flexibility index (Phi) is 4.11. The van der Waals surface area contributed by atoms with Crippen LogP contribution in [0, 0.1) is 18.3 Å². The molecule has 0 unspecified atom stereocenters. The molecular formula is C11H8F6N2O2. The van der Waals surface area contributed by atoms with Crippen LogP contribution in [0.25, 0.3) is 0 Å². The van der Waals surface area contributed by atoms with Crippen LogP contribution in [-0.2, 0) is 6.42 Å². The van der Waals surface area contributed by atoms with E-state index in [-0.39, 0.29) is 5.69 Å². The minimum Gasteiger partial charge on any atom is -0.373 e. The van der Waals surface area contributed by atoms with Crippen LogP contribution in [0.1, 0.15) is 16.8 Å². The second-order valence-electron chi connectivity index (χ2n) is 4.33. The van der Waals surface area contributed by atoms with Gasteiger partial charge in [-0.15, -0.1) is 0 Å². The van der Waals surface area contributed by atoms with E-state index >= 15 is 0 Å². The minimum absolute atomic E-state index is 0.0410. The first-order valence-corrected chi connectivity index (χ1v) is 5.32. The summed E-state index contributed by atoms with van der Waals surface area (Å²) in [6, 6.07) is 2.01. The Morgan fingerprint density at radius 1 is 1.24 bits per heavy atom. The van der Waals surface area contributed by atoms with E-state index in [0.717, 1.165) is 6.07 Å². The molecule has 0 aliphatic rings. The molecule has 0 saturated carbocycles. The van der Waals surface area contributed by atoms with Gasteiger partial charge in [-0.2, -0.15) is 31.6 Å². The normalized spacial score (nSPS) is 13.1. The van der Waals surface area contributed by atoms with E-state index in [9.17, 15) is 31.1 Å². The molecule has 0 aliphatic carbocycles. The summed E-state index contributed by atoms with van der Waals surface area (Å²) in [5.74, 6) is 0. The second-order valence-corrected chi connectivity index (χ2v) is 4.33. The summed E-state index contributed by atoms with van der Waals surface area (Å²) in [6.07, 6.45) is -14.0. The van der Waals surface area contributed by atoms with Crippen LogP contribution in [0.3, 0.4) is 0 Å². The number of aryl methyl sites for hydroxylation is 1. The lowest BCUT2D eigenvalue weighted by atomic mass is 9.91. The van der Waals surface area contributed by atoms with Crippen molar-refractivity contribution in [3.63, 3.8) is 0 Å². The quantitative estimate of drug-likeness (QED) is 0.819. The number of aliphatic hydroxyl groups is 1. The molecule has 1 rings (SSSR count). The molecular weight excluding hydrogens is 306 g/mol. The van der Waals surface area contributed by atoms with E-state index in [1.165, 1.54) is 13.0 Å². The molecule has 116 valence electrons. The van der Waals surface area contributed by atoms with Gasteiger partial charge in [-0.25, -0.2) is 0 Å². The third-order valence-electron chi connectivity index (χ3n) is 2.75. The molecule has 0 bridgehead atoms. The van der Waals surface area contributed by atoms with Crippen molar-refractivity contribution < 1.29 is 31.4 Å². The van der Waals surface area contributed by atoms with E-state index < -0.39 is 41.1 Å². The van der Waals surface area contributed by atoms with Gasteiger partial charge in [0.05, 0.1) is 0 Å². The molecule has 0 saturated heterocycles. The van der Waals surface area contributed by atoms with Crippen molar-refractivity contribution in [2.45, 2.75) is 31.3 Å². The fourth-order valence-electron chi connectivity index (χ4n) is 1.66. The van der Waals surface area contributed by atoms with Gasteiger partial charge in [0.15, 0.2) is 0 Å². The summed E-state index contributed by atoms with van der Waals surface area (Å²) in [6.45, 7) is 1.21. The fraction of sp³-hybridized carbons (Fsp3) is 0.455. The third kappa shape index (κ3) is 3.02. The number of nitrogens with zero attached hydrogens (tertiary/aromatic N) is 1. The lowest BCUT2D eigenvalue weighted by Crippen LogP contribution is -2.58. The molecule has 4 nitrogen and oxygen atoms in total. The van der Waals surface area contributed by atoms with E-state index in [1.54, 1.807) is 0 Å². The Labute approximate surface area is 113 Å². The van der Waals surface area contributed by atoms with Gasteiger partial charge in [0, 0.05) is 12.1 Å². The number of H-pyrrole nitrogens is 1. The first-order valence-electron chi connectivity index (χ1n) is 5.32. The van der Waals surface area contributed by atoms with Gasteiger partial charge < -0.3 is 10.1 Å². The number of alkyl halides is 6. The summed E-state index contributed by atoms with van der Waals surface area (Å²) in [7, 11) is 0. The van der Waals surface area contributed by atoms with Crippen LogP contribution >= 0.6 is 0 Å². The standard InChI is InChI=1S/C11H8F6N2O2/c1-5-2-6(7(4-18)8(20)19-5)3-9(21,10(12,13)14)11(15,16)17/h2,21H,3H2,1H3,(H,19,20). The Morgan fingerprint density at radius 2 is 1.71 bits per heavy atom. The maximum absolute atomic E-state index is 12.6. The van der Waals surface area contributed by atoms with Crippen LogP contribution in [-0.4, -0.2) is 28.0 Å². The summed E-state index contributed by atoms with van der Waals surface area (Å²) < 4.78 is 75.5. The lowest BCUT2D eigenvalue weighted by molar-refractivity contribution is -0.367. The maximum Gasteiger partial charge on any atom is 0.426 e. The zero-order chi connectivity index (χ0) is 16.6. The summed E-state index contributed by atoms with van der Waals surface area (Å²) in [4.78, 5) is 13.4. The van der Waals surface area contributed by atoms with Crippen molar-refractivity contribution in [3.8, 4) is 6.07 Å². The van der Waals surface area contributed by atoms with E-state index in [1.807, 2.05) is 0 Å². The number of nitrogens with one attached hydrogen (secondary N) is 1. The van der Waals surface area contributed by atoms with Crippen LogP contribution in [0.5, 0.6) is 0 Å². The van der Waals surface area contributed by atoms with Crippen molar-refractivity contribution >= 4 is 0 Å². The van der Waals surface area contributed by atoms with E-state index in [0.29, 0.717) is 0 Å². The Hall–Kier alpha value is -2.02. The monoisotopic (exact) mass is 314 g/mol. The average molecular weight is 314 g/mol. The summed E-state index contributed by atoms with van der Waals surface area (Å²) in [5, 5.41) is 17.7. The van der Waals surface area contributed by atoms with Crippen LogP contribution in [0.2, 0.25) is 0 Å². The molecule has 0 radical (unpaired) electrons. The second kappa shape index (κ2) is 5.07. The zero-order valence-electron chi connectivity index (χ0n) is 10.4. The van der Waals surface area contributed by atoms with Gasteiger partial charge in [-0.3, -0.25) is 4.79 Å². The molecule has 0 fully saturated rings. The van der Waals surface area contributed by atoms with Crippen LogP contribution in [0.4, 0.5) is 26.3 Å². The molecule has 1 heterocycles. The third-order valence-corrected chi connectivity index (χ3v) is 2.75. The highest BCUT2D eigenvalue weighted by atomic mass is 19.4. The number of rotatable bonds is 2. The molecule has 0 aromatic carbocycles. The topological polar surface area (TPSA) is 76.9 Å². The average Bonchev–Trinajstić information content (AvgIpc) is 2.25. The van der Waals surface area contributed by atoms with E-state index in [2.05, 4.69) is 4.98 Å². The smallest absolute Gasteiger partial charge is 0.373 e. The van der Waals surface area contributed by atoms with Crippen LogP contribution < -0.4 is 5.56 Å². The Morgan fingerprint density at radius 3 is 2.10 bits per heavy atom. The van der Waals surface area contributed by atoms with Gasteiger partial charge >= 0.3 is 12.4 Å². The number of aromatic nitrogens is 1. The number of pyridine rings is 1. The first kappa shape index (κ1) is 17.0. The van der Waals surface area contributed by atoms with Crippen molar-refractivity contribution in [2.24, 2.45) is 0 Å². The highest BCUT2D eigenvalue weighted by molar-refractivity contribution is 5.38. The summed E-state index contributed by atoms with van der Waals surface area (Å²) >= 11 is 0. The maximum atomic E-state index is 12.6. The van der Waals surface area contributed by atoms with Crippen molar-refractivity contribution in [1.82, 2.24) is 4.98 Å². The highest BCUT2D eigenvalue weighted by Crippen LogP contribution is 2.45. The molecule has 1 aromatic heterocycles. The van der Waals surface area contributed by atoms with E-state index in [4.69, 9.17) is 10.4 Å². The first-order chi connectivity index (χ1) is 9.33. The van der Waals surface area contributed by atoms with Gasteiger partial charge in [0.1, 0.15) is 11.6 Å². The predicted octanol–water partition coefficient (Wildman–Crippen LogP) is 1.95. The molecule has 0 spiro atoms. The Bertz CT molecular complexity index is 624. The lowest BCUT2D eigenvalue weighted by Gasteiger charge is -2.32. The predicted molar refractivity (Wildman–Crippen MR) is 57.3 cm³/mol. The zero-order valence-corrected chi connectivity index (χ0v) is 10.4. The van der Waals surface area contributed by atoms with Gasteiger partial charge in [-0.05, 0) is 18.6 Å². The van der Waals surface area contributed by atoms with Crippen LogP contribution in [0.15, 0.2) is 10.9 Å². The molecule has 0 amide bonds. The number of nitriles is 1. The SMILES string of the molecule is Cc1cc(CC(O)(C(F)(F)F)C(F)(F)F)c(C#N)c(=O)[nH]1. The van der Waals surface area contributed by atoms with Gasteiger partial charge in [0.25, 0.3) is 11.2 Å². The Balaban J connectivity index is 3.51. The van der Waals surface area contributed by atoms with Gasteiger partial charge in [0.2, 0.25) is 0 Å². The van der Waals surface area contributed by atoms with Crippen molar-refractivity contribution in [3.05, 3.63) is 33.2 Å². The highest BCUT2D eigenvalue weighted by Gasteiger charge is 2.70. The molecule has 21 heavy (non-hydrogen) atoms. The number of aromatic amines is 1. The largest absolute Gasteiger partial charge is 0.426 e. The molecule has 0 atom stereocenters. The number of hydrogen-bond acceptors (Lipinski definition) is 3.